The summed E-state index contributed by atoms with van der Waals surface area (Å²) in [5.74, 6) is -0.882. The molecule has 7 heteroatoms. The number of hydrogen-bond donors (Lipinski definition) is 1. The van der Waals surface area contributed by atoms with Gasteiger partial charge in [-0.3, -0.25) is 5.10 Å². The average Bonchev–Trinajstić information content (AvgIpc) is 3.11. The second kappa shape index (κ2) is 6.84. The number of nitrogens with one attached hydrogen (secondary N) is 1. The molecule has 0 unspecified atom stereocenters. The predicted molar refractivity (Wildman–Crippen MR) is 86.6 cm³/mol. The van der Waals surface area contributed by atoms with Crippen molar-refractivity contribution in [3.05, 3.63) is 65.6 Å². The molecule has 6 nitrogen and oxygen atoms in total. The first-order valence-corrected chi connectivity index (χ1v) is 7.22. The first-order chi connectivity index (χ1) is 12.1. The monoisotopic (exact) mass is 337 g/mol. The Kier molecular flexibility index (Phi) is 4.44. The molecule has 0 amide bonds. The highest BCUT2D eigenvalue weighted by Gasteiger charge is 2.15. The molecule has 25 heavy (non-hydrogen) atoms. The summed E-state index contributed by atoms with van der Waals surface area (Å²) in [6, 6.07) is 12.4. The van der Waals surface area contributed by atoms with Gasteiger partial charge in [-0.2, -0.15) is 10.4 Å². The zero-order valence-electron chi connectivity index (χ0n) is 13.1. The van der Waals surface area contributed by atoms with Gasteiger partial charge in [0.2, 0.25) is 0 Å². The van der Waals surface area contributed by atoms with E-state index in [1.54, 1.807) is 24.3 Å². The van der Waals surface area contributed by atoms with Crippen LogP contribution >= 0.6 is 0 Å². The van der Waals surface area contributed by atoms with Crippen LogP contribution in [0.15, 0.2) is 48.7 Å². The minimum Gasteiger partial charge on any atom is -0.465 e. The summed E-state index contributed by atoms with van der Waals surface area (Å²) < 4.78 is 24.3. The lowest BCUT2D eigenvalue weighted by Gasteiger charge is -2.08. The first kappa shape index (κ1) is 16.2. The third kappa shape index (κ3) is 3.33. The van der Waals surface area contributed by atoms with Crippen LogP contribution in [0.1, 0.15) is 15.9 Å². The van der Waals surface area contributed by atoms with Crippen LogP contribution in [0.2, 0.25) is 0 Å². The highest BCUT2D eigenvalue weighted by atomic mass is 19.1. The van der Waals surface area contributed by atoms with Crippen molar-refractivity contribution in [3.8, 4) is 28.8 Å². The fraction of sp³-hybridized carbons (Fsp3) is 0.0556. The van der Waals surface area contributed by atoms with Crippen LogP contribution in [0, 0.1) is 17.1 Å². The van der Waals surface area contributed by atoms with E-state index in [0.717, 1.165) is 6.07 Å². The molecule has 2 aromatic carbocycles. The van der Waals surface area contributed by atoms with E-state index in [4.69, 9.17) is 14.7 Å². The molecule has 0 radical (unpaired) electrons. The highest BCUT2D eigenvalue weighted by molar-refractivity contribution is 5.91. The standard InChI is InChI=1S/C18H12FN3O3/c1-24-18(23)13-4-2-3-12(8-13)17-16(10-21-22-17)25-15-6-5-11(9-20)7-14(15)19/h2-8,10H,1H3,(H,21,22). The summed E-state index contributed by atoms with van der Waals surface area (Å²) in [6.07, 6.45) is 1.40. The van der Waals surface area contributed by atoms with Crippen LogP contribution < -0.4 is 4.74 Å². The molecule has 0 aliphatic carbocycles. The molecular weight excluding hydrogens is 325 g/mol. The maximum Gasteiger partial charge on any atom is 0.337 e. The van der Waals surface area contributed by atoms with Gasteiger partial charge in [0.05, 0.1) is 30.5 Å². The molecule has 0 aliphatic rings. The molecule has 1 aromatic heterocycles. The second-order valence-corrected chi connectivity index (χ2v) is 5.04. The molecule has 0 spiro atoms. The number of H-pyrrole nitrogens is 1. The molecule has 0 fully saturated rings. The van der Waals surface area contributed by atoms with Crippen LogP contribution in [0.25, 0.3) is 11.3 Å². The van der Waals surface area contributed by atoms with Crippen molar-refractivity contribution in [2.75, 3.05) is 7.11 Å². The van der Waals surface area contributed by atoms with E-state index < -0.39 is 11.8 Å². The van der Waals surface area contributed by atoms with Gasteiger partial charge in [-0.25, -0.2) is 9.18 Å². The Balaban J connectivity index is 1.94. The van der Waals surface area contributed by atoms with Crippen molar-refractivity contribution in [2.24, 2.45) is 0 Å². The number of carbonyl (C=O) groups excluding carboxylic acids is 1. The Bertz CT molecular complexity index is 976. The van der Waals surface area contributed by atoms with Crippen LogP contribution in [0.5, 0.6) is 11.5 Å². The maximum atomic E-state index is 14.0. The molecule has 3 rings (SSSR count). The fourth-order valence-corrected chi connectivity index (χ4v) is 2.25. The highest BCUT2D eigenvalue weighted by Crippen LogP contribution is 2.33. The Morgan fingerprint density at radius 3 is 2.80 bits per heavy atom. The van der Waals surface area contributed by atoms with E-state index in [-0.39, 0.29) is 17.1 Å². The van der Waals surface area contributed by atoms with Gasteiger partial charge in [-0.1, -0.05) is 12.1 Å². The molecule has 0 atom stereocenters. The molecule has 0 bridgehead atoms. The Labute approximate surface area is 142 Å². The number of aromatic amines is 1. The molecule has 1 N–H and O–H groups in total. The number of ether oxygens (including phenoxy) is 2. The molecule has 0 saturated heterocycles. The Morgan fingerprint density at radius 1 is 1.24 bits per heavy atom. The lowest BCUT2D eigenvalue weighted by molar-refractivity contribution is 0.0601. The lowest BCUT2D eigenvalue weighted by atomic mass is 10.1. The third-order valence-electron chi connectivity index (χ3n) is 3.46. The van der Waals surface area contributed by atoms with Gasteiger partial charge in [0.15, 0.2) is 17.3 Å². The van der Waals surface area contributed by atoms with Crippen LogP contribution in [-0.2, 0) is 4.74 Å². The Morgan fingerprint density at radius 2 is 2.08 bits per heavy atom. The third-order valence-corrected chi connectivity index (χ3v) is 3.46. The second-order valence-electron chi connectivity index (χ2n) is 5.04. The van der Waals surface area contributed by atoms with Crippen LogP contribution in [0.4, 0.5) is 4.39 Å². The summed E-state index contributed by atoms with van der Waals surface area (Å²) in [6.45, 7) is 0. The van der Waals surface area contributed by atoms with Gasteiger partial charge in [0.1, 0.15) is 5.69 Å². The average molecular weight is 337 g/mol. The van der Waals surface area contributed by atoms with Crippen molar-refractivity contribution >= 4 is 5.97 Å². The van der Waals surface area contributed by atoms with Gasteiger partial charge in [0, 0.05) is 5.56 Å². The maximum absolute atomic E-state index is 14.0. The number of esters is 1. The van der Waals surface area contributed by atoms with E-state index >= 15 is 0 Å². The lowest BCUT2D eigenvalue weighted by Crippen LogP contribution is -2.01. The zero-order chi connectivity index (χ0) is 17.8. The molecule has 3 aromatic rings. The van der Waals surface area contributed by atoms with Gasteiger partial charge in [0.25, 0.3) is 0 Å². The largest absolute Gasteiger partial charge is 0.465 e. The number of benzene rings is 2. The van der Waals surface area contributed by atoms with Crippen molar-refractivity contribution in [2.45, 2.75) is 0 Å². The topological polar surface area (TPSA) is 88.0 Å². The van der Waals surface area contributed by atoms with Gasteiger partial charge in [-0.15, -0.1) is 0 Å². The van der Waals surface area contributed by atoms with Crippen LogP contribution in [-0.4, -0.2) is 23.3 Å². The van der Waals surface area contributed by atoms with Gasteiger partial charge in [-0.05, 0) is 30.3 Å². The predicted octanol–water partition coefficient (Wildman–Crippen LogP) is 3.67. The number of hydrogen-bond acceptors (Lipinski definition) is 5. The SMILES string of the molecule is COC(=O)c1cccc(-c2[nH]ncc2Oc2ccc(C#N)cc2F)c1. The molecule has 124 valence electrons. The number of nitrogens with zero attached hydrogens (tertiary/aromatic N) is 2. The summed E-state index contributed by atoms with van der Waals surface area (Å²) >= 11 is 0. The fourth-order valence-electron chi connectivity index (χ4n) is 2.25. The van der Waals surface area contributed by atoms with Crippen LogP contribution in [0.3, 0.4) is 0 Å². The quantitative estimate of drug-likeness (QED) is 0.734. The number of aromatic nitrogens is 2. The van der Waals surface area contributed by atoms with E-state index in [2.05, 4.69) is 10.2 Å². The minimum atomic E-state index is -0.658. The Hall–Kier alpha value is -3.66. The summed E-state index contributed by atoms with van der Waals surface area (Å²) in [5, 5.41) is 15.5. The van der Waals surface area contributed by atoms with E-state index in [0.29, 0.717) is 16.8 Å². The van der Waals surface area contributed by atoms with Crippen molar-refractivity contribution in [3.63, 3.8) is 0 Å². The van der Waals surface area contributed by atoms with Crippen molar-refractivity contribution < 1.29 is 18.7 Å². The number of carbonyl (C=O) groups is 1. The van der Waals surface area contributed by atoms with Crippen molar-refractivity contribution in [1.29, 1.82) is 5.26 Å². The van der Waals surface area contributed by atoms with E-state index in [1.165, 1.54) is 25.4 Å². The number of rotatable bonds is 4. The summed E-state index contributed by atoms with van der Waals surface area (Å²) in [7, 11) is 1.30. The van der Waals surface area contributed by atoms with E-state index in [9.17, 15) is 9.18 Å². The number of nitriles is 1. The van der Waals surface area contributed by atoms with Gasteiger partial charge < -0.3 is 9.47 Å². The normalized spacial score (nSPS) is 10.1. The summed E-state index contributed by atoms with van der Waals surface area (Å²) in [4.78, 5) is 11.7. The zero-order valence-corrected chi connectivity index (χ0v) is 13.1. The minimum absolute atomic E-state index is 0.0363. The molecule has 1 heterocycles. The van der Waals surface area contributed by atoms with Crippen molar-refractivity contribution in [1.82, 2.24) is 10.2 Å². The molecule has 0 saturated carbocycles. The number of halogens is 1. The number of methoxy groups -OCH3 is 1. The smallest absolute Gasteiger partial charge is 0.337 e. The summed E-state index contributed by atoms with van der Waals surface area (Å²) in [5.41, 5.74) is 1.67. The molecular formula is C18H12FN3O3. The first-order valence-electron chi connectivity index (χ1n) is 7.22. The van der Waals surface area contributed by atoms with Gasteiger partial charge >= 0.3 is 5.97 Å². The van der Waals surface area contributed by atoms with E-state index in [1.807, 2.05) is 6.07 Å². The molecule has 0 aliphatic heterocycles.